The van der Waals surface area contributed by atoms with Crippen molar-refractivity contribution in [3.63, 3.8) is 0 Å². The molecule has 0 saturated carbocycles. The SMILES string of the molecule is CCc1c2nc(-c3cc(S(=O)(=O)N4CC(C)N(C)C(C)C4)cnc3OCCOC)n(C)c(=O)c2nn1-c1ccccn1. The zero-order chi connectivity index (χ0) is 30.2. The van der Waals surface area contributed by atoms with Crippen LogP contribution in [0.15, 0.2) is 46.3 Å². The summed E-state index contributed by atoms with van der Waals surface area (Å²) < 4.78 is 43.2. The standard InChI is InChI=1S/C28H36N8O5S/c1-7-22-24-25(32-36(22)23-10-8-9-11-29-23)28(37)34(5)26(31-24)21-14-20(15-30-27(21)41-13-12-40-6)42(38,39)35-16-18(2)33(4)19(3)17-35/h8-11,14-15,18-19H,7,12-13,16-17H2,1-6H3. The third kappa shape index (κ3) is 5.30. The van der Waals surface area contributed by atoms with E-state index in [1.165, 1.54) is 21.1 Å². The Balaban J connectivity index is 1.68. The fourth-order valence-electron chi connectivity index (χ4n) is 5.14. The molecule has 14 heteroatoms. The molecule has 0 aliphatic carbocycles. The normalized spacial score (nSPS) is 18.5. The van der Waals surface area contributed by atoms with Gasteiger partial charge in [-0.15, -0.1) is 0 Å². The van der Waals surface area contributed by atoms with Gasteiger partial charge in [0, 0.05) is 45.5 Å². The summed E-state index contributed by atoms with van der Waals surface area (Å²) in [6.07, 6.45) is 3.47. The third-order valence-electron chi connectivity index (χ3n) is 7.75. The summed E-state index contributed by atoms with van der Waals surface area (Å²) in [4.78, 5) is 29.5. The van der Waals surface area contributed by atoms with Crippen molar-refractivity contribution in [1.29, 1.82) is 0 Å². The van der Waals surface area contributed by atoms with Crippen LogP contribution in [0.1, 0.15) is 26.5 Å². The van der Waals surface area contributed by atoms with Crippen molar-refractivity contribution in [3.05, 3.63) is 52.7 Å². The van der Waals surface area contributed by atoms with Crippen LogP contribution in [0, 0.1) is 0 Å². The molecule has 5 heterocycles. The summed E-state index contributed by atoms with van der Waals surface area (Å²) >= 11 is 0. The Morgan fingerprint density at radius 1 is 1.05 bits per heavy atom. The average molecular weight is 597 g/mol. The first-order chi connectivity index (χ1) is 20.1. The lowest BCUT2D eigenvalue weighted by Gasteiger charge is -2.41. The van der Waals surface area contributed by atoms with Gasteiger partial charge in [-0.3, -0.25) is 14.3 Å². The monoisotopic (exact) mass is 596 g/mol. The number of piperazine rings is 1. The maximum absolute atomic E-state index is 13.9. The Morgan fingerprint density at radius 2 is 1.79 bits per heavy atom. The third-order valence-corrected chi connectivity index (χ3v) is 9.55. The lowest BCUT2D eigenvalue weighted by atomic mass is 10.1. The minimum Gasteiger partial charge on any atom is -0.475 e. The van der Waals surface area contributed by atoms with Crippen molar-refractivity contribution < 1.29 is 17.9 Å². The van der Waals surface area contributed by atoms with E-state index < -0.39 is 15.6 Å². The fourth-order valence-corrected chi connectivity index (χ4v) is 6.72. The zero-order valence-corrected chi connectivity index (χ0v) is 25.5. The van der Waals surface area contributed by atoms with Crippen LogP contribution < -0.4 is 10.3 Å². The molecule has 4 aromatic heterocycles. The van der Waals surface area contributed by atoms with E-state index in [1.807, 2.05) is 33.9 Å². The first kappa shape index (κ1) is 29.8. The number of methoxy groups -OCH3 is 1. The summed E-state index contributed by atoms with van der Waals surface area (Å²) in [5.41, 5.74) is 1.16. The second-order valence-electron chi connectivity index (χ2n) is 10.4. The molecule has 42 heavy (non-hydrogen) atoms. The van der Waals surface area contributed by atoms with Gasteiger partial charge in [-0.1, -0.05) is 13.0 Å². The molecule has 13 nitrogen and oxygen atoms in total. The molecule has 0 amide bonds. The molecular formula is C28H36N8O5S. The average Bonchev–Trinajstić information content (AvgIpc) is 3.37. The molecular weight excluding hydrogens is 560 g/mol. The van der Waals surface area contributed by atoms with Gasteiger partial charge in [0.05, 0.1) is 24.1 Å². The number of likely N-dealkylation sites (N-methyl/N-ethyl adjacent to an activating group) is 1. The number of aryl methyl sites for hydroxylation is 1. The highest BCUT2D eigenvalue weighted by Gasteiger charge is 2.35. The molecule has 0 radical (unpaired) electrons. The number of pyridine rings is 2. The first-order valence-electron chi connectivity index (χ1n) is 13.8. The van der Waals surface area contributed by atoms with E-state index in [9.17, 15) is 13.2 Å². The molecule has 1 aliphatic rings. The van der Waals surface area contributed by atoms with E-state index in [0.29, 0.717) is 43.1 Å². The van der Waals surface area contributed by atoms with Crippen molar-refractivity contribution in [1.82, 2.24) is 38.5 Å². The molecule has 4 aromatic rings. The van der Waals surface area contributed by atoms with E-state index in [1.54, 1.807) is 37.2 Å². The van der Waals surface area contributed by atoms with Crippen molar-refractivity contribution in [2.24, 2.45) is 7.05 Å². The lowest BCUT2D eigenvalue weighted by Crippen LogP contribution is -2.56. The molecule has 224 valence electrons. The smallest absolute Gasteiger partial charge is 0.281 e. The highest BCUT2D eigenvalue weighted by Crippen LogP contribution is 2.32. The van der Waals surface area contributed by atoms with Crippen LogP contribution in [0.2, 0.25) is 0 Å². The number of rotatable bonds is 9. The van der Waals surface area contributed by atoms with E-state index in [4.69, 9.17) is 14.5 Å². The Morgan fingerprint density at radius 3 is 2.43 bits per heavy atom. The predicted octanol–water partition coefficient (Wildman–Crippen LogP) is 1.88. The first-order valence-corrected chi connectivity index (χ1v) is 15.3. The second-order valence-corrected chi connectivity index (χ2v) is 12.4. The van der Waals surface area contributed by atoms with Gasteiger partial charge in [-0.25, -0.2) is 28.1 Å². The Hall–Kier alpha value is -3.72. The van der Waals surface area contributed by atoms with Crippen LogP contribution in [0.4, 0.5) is 0 Å². The van der Waals surface area contributed by atoms with Gasteiger partial charge in [0.25, 0.3) is 5.56 Å². The lowest BCUT2D eigenvalue weighted by molar-refractivity contribution is 0.105. The highest BCUT2D eigenvalue weighted by atomic mass is 32.2. The van der Waals surface area contributed by atoms with E-state index in [2.05, 4.69) is 20.0 Å². The summed E-state index contributed by atoms with van der Waals surface area (Å²) in [5.74, 6) is 0.910. The Bertz CT molecular complexity index is 1740. The van der Waals surface area contributed by atoms with Crippen molar-refractivity contribution >= 4 is 21.1 Å². The van der Waals surface area contributed by atoms with E-state index in [0.717, 1.165) is 0 Å². The number of aromatic nitrogens is 6. The fraction of sp³-hybridized carbons (Fsp3) is 0.464. The maximum atomic E-state index is 13.9. The topological polar surface area (TPSA) is 138 Å². The van der Waals surface area contributed by atoms with Gasteiger partial charge in [0.1, 0.15) is 22.8 Å². The van der Waals surface area contributed by atoms with Crippen molar-refractivity contribution in [2.75, 3.05) is 40.5 Å². The van der Waals surface area contributed by atoms with Gasteiger partial charge in [-0.2, -0.15) is 9.40 Å². The number of nitrogens with zero attached hydrogens (tertiary/aromatic N) is 8. The molecule has 1 saturated heterocycles. The van der Waals surface area contributed by atoms with Crippen molar-refractivity contribution in [3.8, 4) is 23.1 Å². The molecule has 5 rings (SSSR count). The minimum atomic E-state index is -3.91. The van der Waals surface area contributed by atoms with Crippen LogP contribution in [0.25, 0.3) is 28.2 Å². The quantitative estimate of drug-likeness (QED) is 0.263. The van der Waals surface area contributed by atoms with Crippen molar-refractivity contribution in [2.45, 2.75) is 44.2 Å². The van der Waals surface area contributed by atoms with Crippen LogP contribution in [-0.4, -0.2) is 99.5 Å². The van der Waals surface area contributed by atoms with Gasteiger partial charge in [0.2, 0.25) is 15.9 Å². The molecule has 0 aromatic carbocycles. The predicted molar refractivity (Wildman–Crippen MR) is 157 cm³/mol. The van der Waals surface area contributed by atoms with Gasteiger partial charge >= 0.3 is 0 Å². The molecule has 0 N–H and O–H groups in total. The largest absolute Gasteiger partial charge is 0.475 e. The molecule has 1 aliphatic heterocycles. The van der Waals surface area contributed by atoms with E-state index >= 15 is 0 Å². The molecule has 0 spiro atoms. The highest BCUT2D eigenvalue weighted by molar-refractivity contribution is 7.89. The zero-order valence-electron chi connectivity index (χ0n) is 24.7. The molecule has 0 bridgehead atoms. The number of fused-ring (bicyclic) bond motifs is 1. The number of hydrogen-bond donors (Lipinski definition) is 0. The van der Waals surface area contributed by atoms with Crippen LogP contribution in [0.5, 0.6) is 5.88 Å². The molecule has 1 fully saturated rings. The molecule has 2 unspecified atom stereocenters. The van der Waals surface area contributed by atoms with E-state index in [-0.39, 0.29) is 46.4 Å². The van der Waals surface area contributed by atoms with Gasteiger partial charge in [-0.05, 0) is 45.5 Å². The molecule has 2 atom stereocenters. The van der Waals surface area contributed by atoms with Gasteiger partial charge in [0.15, 0.2) is 11.3 Å². The van der Waals surface area contributed by atoms with Gasteiger partial charge < -0.3 is 9.47 Å². The van der Waals surface area contributed by atoms with Crippen LogP contribution in [-0.2, 0) is 28.2 Å². The van der Waals surface area contributed by atoms with Crippen LogP contribution in [0.3, 0.4) is 0 Å². The summed E-state index contributed by atoms with van der Waals surface area (Å²) in [5, 5.41) is 4.56. The Kier molecular flexibility index (Phi) is 8.42. The summed E-state index contributed by atoms with van der Waals surface area (Å²) in [6, 6.07) is 7.02. The summed E-state index contributed by atoms with van der Waals surface area (Å²) in [6.45, 7) is 7.10. The number of sulfonamides is 1. The second kappa shape index (κ2) is 11.9. The van der Waals surface area contributed by atoms with Crippen LogP contribution >= 0.6 is 0 Å². The summed E-state index contributed by atoms with van der Waals surface area (Å²) in [7, 11) is 1.20. The number of ether oxygens (including phenoxy) is 2. The minimum absolute atomic E-state index is 0.00483. The Labute approximate surface area is 244 Å². The maximum Gasteiger partial charge on any atom is 0.281 e. The number of hydrogen-bond acceptors (Lipinski definition) is 10.